The van der Waals surface area contributed by atoms with Crippen LogP contribution in [0.3, 0.4) is 0 Å². The zero-order valence-corrected chi connectivity index (χ0v) is 10.8. The normalized spacial score (nSPS) is 18.2. The van der Waals surface area contributed by atoms with Crippen molar-refractivity contribution in [3.05, 3.63) is 41.1 Å². The number of nitrogens with one attached hydrogen (secondary N) is 1. The molecule has 0 fully saturated rings. The molecule has 2 aromatic rings. The highest BCUT2D eigenvalue weighted by molar-refractivity contribution is 5.62. The monoisotopic (exact) mass is 242 g/mol. The Morgan fingerprint density at radius 1 is 1.33 bits per heavy atom. The molecule has 1 unspecified atom stereocenters. The largest absolute Gasteiger partial charge is 0.394 e. The van der Waals surface area contributed by atoms with Crippen molar-refractivity contribution in [1.82, 2.24) is 9.78 Å². The molecule has 1 aliphatic rings. The number of hydrogen-bond donors (Lipinski definition) is 2. The molecule has 0 radical (unpaired) electrons. The van der Waals surface area contributed by atoms with Crippen LogP contribution in [0.2, 0.25) is 0 Å². The molecule has 94 valence electrons. The van der Waals surface area contributed by atoms with Gasteiger partial charge in [0, 0.05) is 6.54 Å². The van der Waals surface area contributed by atoms with Crippen LogP contribution < -0.4 is 11.1 Å². The smallest absolute Gasteiger partial charge is 0.148 e. The Morgan fingerprint density at radius 3 is 2.94 bits per heavy atom. The third kappa shape index (κ3) is 1.65. The van der Waals surface area contributed by atoms with E-state index in [4.69, 9.17) is 5.73 Å². The van der Waals surface area contributed by atoms with Gasteiger partial charge in [0.05, 0.1) is 17.9 Å². The van der Waals surface area contributed by atoms with E-state index in [1.807, 2.05) is 4.68 Å². The van der Waals surface area contributed by atoms with Gasteiger partial charge in [0.25, 0.3) is 0 Å². The molecule has 0 spiro atoms. The number of nitrogen functional groups attached to an aromatic ring is 1. The molecule has 1 aromatic carbocycles. The average Bonchev–Trinajstić information content (AvgIpc) is 2.75. The summed E-state index contributed by atoms with van der Waals surface area (Å²) < 4.78 is 2.00. The zero-order valence-electron chi connectivity index (χ0n) is 10.8. The van der Waals surface area contributed by atoms with E-state index in [0.29, 0.717) is 0 Å². The summed E-state index contributed by atoms with van der Waals surface area (Å²) in [5.74, 6) is 0.949. The van der Waals surface area contributed by atoms with Crippen LogP contribution in [-0.2, 0) is 0 Å². The summed E-state index contributed by atoms with van der Waals surface area (Å²) in [6.45, 7) is 5.23. The van der Waals surface area contributed by atoms with E-state index in [9.17, 15) is 0 Å². The van der Waals surface area contributed by atoms with Crippen molar-refractivity contribution in [2.45, 2.75) is 26.3 Å². The lowest BCUT2D eigenvalue weighted by Gasteiger charge is -2.26. The van der Waals surface area contributed by atoms with Crippen molar-refractivity contribution >= 4 is 11.5 Å². The predicted octanol–water partition coefficient (Wildman–Crippen LogP) is 2.49. The highest BCUT2D eigenvalue weighted by Gasteiger charge is 2.23. The quantitative estimate of drug-likeness (QED) is 0.807. The van der Waals surface area contributed by atoms with Gasteiger partial charge in [-0.25, -0.2) is 4.68 Å². The van der Waals surface area contributed by atoms with Crippen LogP contribution in [0.4, 0.5) is 11.5 Å². The maximum absolute atomic E-state index is 5.91. The fourth-order valence-corrected chi connectivity index (χ4v) is 2.52. The molecule has 18 heavy (non-hydrogen) atoms. The molecule has 0 aliphatic carbocycles. The number of benzene rings is 1. The number of aryl methyl sites for hydroxylation is 2. The number of hydrogen-bond acceptors (Lipinski definition) is 3. The van der Waals surface area contributed by atoms with E-state index in [1.165, 1.54) is 16.7 Å². The average molecular weight is 242 g/mol. The molecule has 1 atom stereocenters. The van der Waals surface area contributed by atoms with Gasteiger partial charge in [-0.15, -0.1) is 0 Å². The first-order chi connectivity index (χ1) is 8.66. The van der Waals surface area contributed by atoms with E-state index in [2.05, 4.69) is 42.5 Å². The number of fused-ring (bicyclic) bond motifs is 1. The topological polar surface area (TPSA) is 55.9 Å². The van der Waals surface area contributed by atoms with Gasteiger partial charge in [0.2, 0.25) is 0 Å². The molecule has 0 saturated heterocycles. The predicted molar refractivity (Wildman–Crippen MR) is 73.8 cm³/mol. The van der Waals surface area contributed by atoms with Crippen molar-refractivity contribution in [2.75, 3.05) is 17.6 Å². The lowest BCUT2D eigenvalue weighted by molar-refractivity contribution is 0.482. The van der Waals surface area contributed by atoms with Crippen LogP contribution in [0.1, 0.15) is 29.2 Å². The summed E-state index contributed by atoms with van der Waals surface area (Å²) >= 11 is 0. The molecule has 3 N–H and O–H groups in total. The van der Waals surface area contributed by atoms with E-state index < -0.39 is 0 Å². The van der Waals surface area contributed by atoms with Crippen LogP contribution in [0.15, 0.2) is 24.4 Å². The number of anilines is 2. The van der Waals surface area contributed by atoms with E-state index >= 15 is 0 Å². The first-order valence-corrected chi connectivity index (χ1v) is 6.31. The molecule has 1 aliphatic heterocycles. The maximum Gasteiger partial charge on any atom is 0.148 e. The van der Waals surface area contributed by atoms with Gasteiger partial charge in [-0.05, 0) is 37.0 Å². The summed E-state index contributed by atoms with van der Waals surface area (Å²) in [6.07, 6.45) is 2.76. The molecule has 3 rings (SSSR count). The lowest BCUT2D eigenvalue weighted by atomic mass is 9.98. The van der Waals surface area contributed by atoms with Crippen LogP contribution in [-0.4, -0.2) is 16.3 Å². The first kappa shape index (κ1) is 11.1. The van der Waals surface area contributed by atoms with Crippen LogP contribution >= 0.6 is 0 Å². The Bertz CT molecular complexity index is 585. The van der Waals surface area contributed by atoms with Crippen molar-refractivity contribution < 1.29 is 0 Å². The molecule has 4 heteroatoms. The molecular weight excluding hydrogens is 224 g/mol. The standard InChI is InChI=1S/C14H18N4/c1-9-3-4-11(7-10(9)2)13-5-6-16-14-12(15)8-17-18(13)14/h3-4,7-8,13,16H,5-6,15H2,1-2H3. The molecule has 0 bridgehead atoms. The highest BCUT2D eigenvalue weighted by atomic mass is 15.4. The molecular formula is C14H18N4. The van der Waals surface area contributed by atoms with E-state index in [0.717, 1.165) is 24.5 Å². The SMILES string of the molecule is Cc1ccc(C2CCNc3c(N)cnn32)cc1C. The van der Waals surface area contributed by atoms with Crippen molar-refractivity contribution in [3.63, 3.8) is 0 Å². The van der Waals surface area contributed by atoms with Crippen molar-refractivity contribution in [1.29, 1.82) is 0 Å². The molecule has 0 saturated carbocycles. The second-order valence-electron chi connectivity index (χ2n) is 4.97. The van der Waals surface area contributed by atoms with Gasteiger partial charge in [0.15, 0.2) is 0 Å². The van der Waals surface area contributed by atoms with Crippen molar-refractivity contribution in [3.8, 4) is 0 Å². The zero-order chi connectivity index (χ0) is 12.7. The molecule has 0 amide bonds. The highest BCUT2D eigenvalue weighted by Crippen LogP contribution is 2.32. The summed E-state index contributed by atoms with van der Waals surface area (Å²) in [4.78, 5) is 0. The van der Waals surface area contributed by atoms with Gasteiger partial charge in [-0.3, -0.25) is 0 Å². The summed E-state index contributed by atoms with van der Waals surface area (Å²) in [5, 5.41) is 7.71. The fourth-order valence-electron chi connectivity index (χ4n) is 2.52. The minimum Gasteiger partial charge on any atom is -0.394 e. The third-order valence-electron chi connectivity index (χ3n) is 3.74. The van der Waals surface area contributed by atoms with Gasteiger partial charge in [-0.1, -0.05) is 18.2 Å². The molecule has 4 nitrogen and oxygen atoms in total. The van der Waals surface area contributed by atoms with Crippen LogP contribution in [0.5, 0.6) is 0 Å². The first-order valence-electron chi connectivity index (χ1n) is 6.31. The van der Waals surface area contributed by atoms with Crippen LogP contribution in [0, 0.1) is 13.8 Å². The molecule has 1 aromatic heterocycles. The fraction of sp³-hybridized carbons (Fsp3) is 0.357. The number of aromatic nitrogens is 2. The Morgan fingerprint density at radius 2 is 2.17 bits per heavy atom. The van der Waals surface area contributed by atoms with Crippen molar-refractivity contribution in [2.24, 2.45) is 0 Å². The number of nitrogens with zero attached hydrogens (tertiary/aromatic N) is 2. The second kappa shape index (κ2) is 4.05. The minimum absolute atomic E-state index is 0.290. The van der Waals surface area contributed by atoms with Gasteiger partial charge < -0.3 is 11.1 Å². The molecule has 2 heterocycles. The third-order valence-corrected chi connectivity index (χ3v) is 3.74. The van der Waals surface area contributed by atoms with Gasteiger partial charge >= 0.3 is 0 Å². The van der Waals surface area contributed by atoms with Gasteiger partial charge in [-0.2, -0.15) is 5.10 Å². The minimum atomic E-state index is 0.290. The lowest BCUT2D eigenvalue weighted by Crippen LogP contribution is -2.24. The Kier molecular flexibility index (Phi) is 2.51. The summed E-state index contributed by atoms with van der Waals surface area (Å²) in [6, 6.07) is 6.92. The Balaban J connectivity index is 2.05. The second-order valence-corrected chi connectivity index (χ2v) is 4.97. The van der Waals surface area contributed by atoms with Crippen LogP contribution in [0.25, 0.3) is 0 Å². The number of nitrogens with two attached hydrogens (primary N) is 1. The Labute approximate surface area is 107 Å². The maximum atomic E-state index is 5.91. The van der Waals surface area contributed by atoms with E-state index in [-0.39, 0.29) is 6.04 Å². The van der Waals surface area contributed by atoms with E-state index in [1.54, 1.807) is 6.20 Å². The summed E-state index contributed by atoms with van der Waals surface area (Å²) in [5.41, 5.74) is 10.6. The van der Waals surface area contributed by atoms with Gasteiger partial charge in [0.1, 0.15) is 5.82 Å². The Hall–Kier alpha value is -1.97. The summed E-state index contributed by atoms with van der Waals surface area (Å²) in [7, 11) is 0. The number of rotatable bonds is 1.